The maximum absolute atomic E-state index is 12.5. The first-order valence-corrected chi connectivity index (χ1v) is 9.88. The molecule has 1 aliphatic rings. The molecule has 0 aliphatic carbocycles. The molecule has 2 aromatic rings. The van der Waals surface area contributed by atoms with E-state index in [1.54, 1.807) is 17.0 Å². The molecular weight excluding hydrogens is 352 g/mol. The minimum atomic E-state index is 0.0283. The van der Waals surface area contributed by atoms with E-state index in [4.69, 9.17) is 0 Å². The minimum absolute atomic E-state index is 0.0283. The summed E-state index contributed by atoms with van der Waals surface area (Å²) in [6, 6.07) is 9.82. The molecule has 3 rings (SSSR count). The number of amides is 2. The van der Waals surface area contributed by atoms with Crippen molar-refractivity contribution < 1.29 is 9.59 Å². The van der Waals surface area contributed by atoms with Crippen LogP contribution in [-0.2, 0) is 16.1 Å². The molecule has 1 aromatic carbocycles. The molecule has 148 valence electrons. The van der Waals surface area contributed by atoms with E-state index in [0.717, 1.165) is 30.5 Å². The van der Waals surface area contributed by atoms with Crippen LogP contribution in [0, 0.1) is 12.8 Å². The molecule has 2 heterocycles. The van der Waals surface area contributed by atoms with Gasteiger partial charge in [-0.05, 0) is 42.9 Å². The third-order valence-corrected chi connectivity index (χ3v) is 4.97. The van der Waals surface area contributed by atoms with Crippen molar-refractivity contribution in [2.45, 2.75) is 32.7 Å². The van der Waals surface area contributed by atoms with Gasteiger partial charge in [-0.15, -0.1) is 0 Å². The standard InChI is InChI=1S/C22H28N4O2/c1-18-14-24-26(16-18)13-11-21(27)23-15-20-8-5-12-25(17-20)22(28)10-9-19-6-3-2-4-7-19/h2-4,6-7,9-10,14,16,20H,5,8,11-13,15,17H2,1H3,(H,23,27). The van der Waals surface area contributed by atoms with Crippen LogP contribution < -0.4 is 5.32 Å². The molecule has 2 amide bonds. The summed E-state index contributed by atoms with van der Waals surface area (Å²) < 4.78 is 1.79. The third kappa shape index (κ3) is 6.08. The van der Waals surface area contributed by atoms with Crippen LogP contribution in [0.4, 0.5) is 0 Å². The second-order valence-corrected chi connectivity index (χ2v) is 7.37. The Bertz CT molecular complexity index is 813. The average molecular weight is 380 g/mol. The van der Waals surface area contributed by atoms with Gasteiger partial charge < -0.3 is 10.2 Å². The molecule has 1 aliphatic heterocycles. The zero-order valence-corrected chi connectivity index (χ0v) is 16.4. The van der Waals surface area contributed by atoms with E-state index < -0.39 is 0 Å². The van der Waals surface area contributed by atoms with Gasteiger partial charge in [0, 0.05) is 44.9 Å². The van der Waals surface area contributed by atoms with Crippen LogP contribution in [0.3, 0.4) is 0 Å². The average Bonchev–Trinajstić information content (AvgIpc) is 3.15. The number of aryl methyl sites for hydroxylation is 2. The maximum Gasteiger partial charge on any atom is 0.246 e. The van der Waals surface area contributed by atoms with Crippen molar-refractivity contribution >= 4 is 17.9 Å². The lowest BCUT2D eigenvalue weighted by atomic mass is 9.97. The van der Waals surface area contributed by atoms with E-state index in [1.807, 2.05) is 54.4 Å². The van der Waals surface area contributed by atoms with E-state index in [0.29, 0.717) is 32.0 Å². The fraction of sp³-hybridized carbons (Fsp3) is 0.409. The first-order valence-electron chi connectivity index (χ1n) is 9.88. The number of hydrogen-bond donors (Lipinski definition) is 1. The molecule has 0 radical (unpaired) electrons. The van der Waals surface area contributed by atoms with Crippen LogP contribution in [0.25, 0.3) is 6.08 Å². The lowest BCUT2D eigenvalue weighted by Gasteiger charge is -2.32. The first-order chi connectivity index (χ1) is 13.6. The Morgan fingerprint density at radius 1 is 1.29 bits per heavy atom. The van der Waals surface area contributed by atoms with Crippen LogP contribution in [0.15, 0.2) is 48.8 Å². The number of nitrogens with zero attached hydrogens (tertiary/aromatic N) is 3. The fourth-order valence-corrected chi connectivity index (χ4v) is 3.42. The molecule has 1 unspecified atom stereocenters. The van der Waals surface area contributed by atoms with Crippen LogP contribution >= 0.6 is 0 Å². The normalized spacial score (nSPS) is 17.0. The topological polar surface area (TPSA) is 67.2 Å². The number of likely N-dealkylation sites (tertiary alicyclic amines) is 1. The van der Waals surface area contributed by atoms with Crippen molar-refractivity contribution in [3.8, 4) is 0 Å². The molecule has 0 saturated carbocycles. The van der Waals surface area contributed by atoms with Gasteiger partial charge in [0.25, 0.3) is 0 Å². The molecule has 0 spiro atoms. The Balaban J connectivity index is 1.41. The number of rotatable bonds is 7. The number of hydrogen-bond acceptors (Lipinski definition) is 3. The second-order valence-electron chi connectivity index (χ2n) is 7.37. The zero-order chi connectivity index (χ0) is 19.8. The maximum atomic E-state index is 12.5. The molecule has 1 fully saturated rings. The van der Waals surface area contributed by atoms with E-state index in [-0.39, 0.29) is 11.8 Å². The van der Waals surface area contributed by atoms with Gasteiger partial charge in [-0.1, -0.05) is 30.3 Å². The van der Waals surface area contributed by atoms with Gasteiger partial charge in [-0.2, -0.15) is 5.10 Å². The fourth-order valence-electron chi connectivity index (χ4n) is 3.42. The molecule has 0 bridgehead atoms. The Morgan fingerprint density at radius 2 is 2.11 bits per heavy atom. The molecule has 28 heavy (non-hydrogen) atoms. The largest absolute Gasteiger partial charge is 0.356 e. The van der Waals surface area contributed by atoms with Crippen LogP contribution in [0.5, 0.6) is 0 Å². The summed E-state index contributed by atoms with van der Waals surface area (Å²) >= 11 is 0. The van der Waals surface area contributed by atoms with Crippen molar-refractivity contribution in [1.29, 1.82) is 0 Å². The molecule has 1 atom stereocenters. The molecule has 1 saturated heterocycles. The Hall–Kier alpha value is -2.89. The van der Waals surface area contributed by atoms with Crippen LogP contribution in [-0.4, -0.2) is 46.1 Å². The van der Waals surface area contributed by atoms with Crippen LogP contribution in [0.1, 0.15) is 30.4 Å². The van der Waals surface area contributed by atoms with Crippen molar-refractivity contribution in [1.82, 2.24) is 20.0 Å². The van der Waals surface area contributed by atoms with Crippen LogP contribution in [0.2, 0.25) is 0 Å². The monoisotopic (exact) mass is 380 g/mol. The van der Waals surface area contributed by atoms with Crippen molar-refractivity contribution in [2.24, 2.45) is 5.92 Å². The minimum Gasteiger partial charge on any atom is -0.356 e. The molecule has 1 N–H and O–H groups in total. The molecule has 6 nitrogen and oxygen atoms in total. The summed E-state index contributed by atoms with van der Waals surface area (Å²) in [5.41, 5.74) is 2.11. The highest BCUT2D eigenvalue weighted by atomic mass is 16.2. The van der Waals surface area contributed by atoms with E-state index >= 15 is 0 Å². The molecule has 1 aromatic heterocycles. The predicted molar refractivity (Wildman–Crippen MR) is 109 cm³/mol. The number of benzene rings is 1. The highest BCUT2D eigenvalue weighted by Gasteiger charge is 2.22. The SMILES string of the molecule is Cc1cnn(CCC(=O)NCC2CCCN(C(=O)C=Cc3ccccc3)C2)c1. The van der Waals surface area contributed by atoms with Crippen molar-refractivity contribution in [3.63, 3.8) is 0 Å². The summed E-state index contributed by atoms with van der Waals surface area (Å²) in [6.07, 6.45) is 9.63. The molecular formula is C22H28N4O2. The highest BCUT2D eigenvalue weighted by molar-refractivity contribution is 5.91. The number of piperidine rings is 1. The molecule has 6 heteroatoms. The van der Waals surface area contributed by atoms with Gasteiger partial charge in [-0.3, -0.25) is 14.3 Å². The van der Waals surface area contributed by atoms with Gasteiger partial charge in [-0.25, -0.2) is 0 Å². The van der Waals surface area contributed by atoms with E-state index in [1.165, 1.54) is 0 Å². The predicted octanol–water partition coefficient (Wildman–Crippen LogP) is 2.65. The van der Waals surface area contributed by atoms with E-state index in [2.05, 4.69) is 10.4 Å². The second kappa shape index (κ2) is 9.88. The zero-order valence-electron chi connectivity index (χ0n) is 16.4. The number of nitrogens with one attached hydrogen (secondary N) is 1. The van der Waals surface area contributed by atoms with Gasteiger partial charge >= 0.3 is 0 Å². The smallest absolute Gasteiger partial charge is 0.246 e. The summed E-state index contributed by atoms with van der Waals surface area (Å²) in [5, 5.41) is 7.20. The van der Waals surface area contributed by atoms with Gasteiger partial charge in [0.05, 0.1) is 6.20 Å². The Labute approximate surface area is 166 Å². The van der Waals surface area contributed by atoms with Crippen molar-refractivity contribution in [2.75, 3.05) is 19.6 Å². The third-order valence-electron chi connectivity index (χ3n) is 4.97. The Morgan fingerprint density at radius 3 is 2.86 bits per heavy atom. The lowest BCUT2D eigenvalue weighted by Crippen LogP contribution is -2.43. The first kappa shape index (κ1) is 19.9. The van der Waals surface area contributed by atoms with E-state index in [9.17, 15) is 9.59 Å². The summed E-state index contributed by atoms with van der Waals surface area (Å²) in [4.78, 5) is 26.4. The Kier molecular flexibility index (Phi) is 7.00. The lowest BCUT2D eigenvalue weighted by molar-refractivity contribution is -0.127. The highest BCUT2D eigenvalue weighted by Crippen LogP contribution is 2.16. The van der Waals surface area contributed by atoms with Gasteiger partial charge in [0.2, 0.25) is 11.8 Å². The van der Waals surface area contributed by atoms with Gasteiger partial charge in [0.1, 0.15) is 0 Å². The summed E-state index contributed by atoms with van der Waals surface area (Å²) in [5.74, 6) is 0.369. The van der Waals surface area contributed by atoms with Gasteiger partial charge in [0.15, 0.2) is 0 Å². The van der Waals surface area contributed by atoms with Crippen molar-refractivity contribution in [3.05, 3.63) is 59.9 Å². The quantitative estimate of drug-likeness (QED) is 0.751. The number of aromatic nitrogens is 2. The summed E-state index contributed by atoms with van der Waals surface area (Å²) in [7, 11) is 0. The summed E-state index contributed by atoms with van der Waals surface area (Å²) in [6.45, 7) is 4.65. The number of carbonyl (C=O) groups excluding carboxylic acids is 2. The number of carbonyl (C=O) groups is 2.